The van der Waals surface area contributed by atoms with E-state index in [0.29, 0.717) is 12.3 Å². The predicted molar refractivity (Wildman–Crippen MR) is 180 cm³/mol. The molecule has 47 heavy (non-hydrogen) atoms. The third-order valence-corrected chi connectivity index (χ3v) is 9.47. The second-order valence-electron chi connectivity index (χ2n) is 11.0. The van der Waals surface area contributed by atoms with Crippen LogP contribution in [0.4, 0.5) is 11.4 Å². The largest absolute Gasteiger partial charge is 0.497 e. The summed E-state index contributed by atoms with van der Waals surface area (Å²) < 4.78 is 34.6. The van der Waals surface area contributed by atoms with E-state index in [9.17, 15) is 28.1 Å². The van der Waals surface area contributed by atoms with Crippen LogP contribution < -0.4 is 14.4 Å². The van der Waals surface area contributed by atoms with E-state index >= 15 is 0 Å². The van der Waals surface area contributed by atoms with Crippen molar-refractivity contribution in [3.8, 4) is 5.75 Å². The lowest BCUT2D eigenvalue weighted by Crippen LogP contribution is -2.53. The molecule has 1 atom stereocenters. The van der Waals surface area contributed by atoms with Crippen molar-refractivity contribution in [2.75, 3.05) is 24.5 Å². The first kappa shape index (κ1) is 34.6. The first-order valence-electron chi connectivity index (χ1n) is 15.0. The third kappa shape index (κ3) is 8.53. The van der Waals surface area contributed by atoms with E-state index in [1.165, 1.54) is 43.2 Å². The van der Waals surface area contributed by atoms with Crippen molar-refractivity contribution in [2.24, 2.45) is 0 Å². The SMILES string of the molecule is CCNC(=O)[C@@H](Cc1ccccc1)N(Cc1ccc(C)cc1)C(=O)CN(c1ccc(OC)cc1)S(=O)(=O)c1ccc(C)c([N+](=O)[O-])c1. The van der Waals surface area contributed by atoms with E-state index in [4.69, 9.17) is 4.74 Å². The molecule has 4 aromatic carbocycles. The van der Waals surface area contributed by atoms with Crippen LogP contribution in [-0.2, 0) is 32.6 Å². The summed E-state index contributed by atoms with van der Waals surface area (Å²) >= 11 is 0. The lowest BCUT2D eigenvalue weighted by molar-refractivity contribution is -0.385. The molecular formula is C35H38N4O7S. The van der Waals surface area contributed by atoms with Crippen LogP contribution in [0.15, 0.2) is 102 Å². The number of benzene rings is 4. The van der Waals surface area contributed by atoms with E-state index in [1.807, 2.05) is 61.5 Å². The molecule has 4 aromatic rings. The fourth-order valence-electron chi connectivity index (χ4n) is 5.09. The van der Waals surface area contributed by atoms with Gasteiger partial charge in [-0.25, -0.2) is 8.42 Å². The molecule has 0 aliphatic heterocycles. The second kappa shape index (κ2) is 15.4. The standard InChI is InChI=1S/C35H38N4O7S/c1-5-36-35(41)33(21-27-9-7-6-8-10-27)37(23-28-14-11-25(2)12-15-28)34(40)24-38(29-16-18-30(46-4)19-17-29)47(44,45)31-20-13-26(3)32(22-31)39(42)43/h6-20,22,33H,5,21,23-24H2,1-4H3,(H,36,41)/t33-/m1/s1. The number of nitrogens with one attached hydrogen (secondary N) is 1. The minimum absolute atomic E-state index is 0.0280. The predicted octanol–water partition coefficient (Wildman–Crippen LogP) is 5.19. The van der Waals surface area contributed by atoms with E-state index in [1.54, 1.807) is 19.1 Å². The Morgan fingerprint density at radius 2 is 1.57 bits per heavy atom. The Bertz CT molecular complexity index is 1810. The molecule has 0 saturated carbocycles. The molecule has 246 valence electrons. The molecular weight excluding hydrogens is 620 g/mol. The summed E-state index contributed by atoms with van der Waals surface area (Å²) in [5, 5.41) is 14.5. The molecule has 0 radical (unpaired) electrons. The molecule has 0 aliphatic carbocycles. The zero-order valence-corrected chi connectivity index (χ0v) is 27.6. The van der Waals surface area contributed by atoms with Gasteiger partial charge in [0.2, 0.25) is 11.8 Å². The van der Waals surface area contributed by atoms with Crippen molar-refractivity contribution >= 4 is 33.2 Å². The van der Waals surface area contributed by atoms with Crippen LogP contribution in [0.5, 0.6) is 5.75 Å². The lowest BCUT2D eigenvalue weighted by Gasteiger charge is -2.34. The van der Waals surface area contributed by atoms with Gasteiger partial charge in [0, 0.05) is 31.1 Å². The van der Waals surface area contributed by atoms with Crippen LogP contribution in [0, 0.1) is 24.0 Å². The summed E-state index contributed by atoms with van der Waals surface area (Å²) in [4.78, 5) is 40.2. The molecule has 4 rings (SSSR count). The van der Waals surface area contributed by atoms with E-state index in [-0.39, 0.29) is 40.7 Å². The summed E-state index contributed by atoms with van der Waals surface area (Å²) in [5.41, 5.74) is 2.63. The number of aryl methyl sites for hydroxylation is 2. The number of likely N-dealkylation sites (N-methyl/N-ethyl adjacent to an activating group) is 1. The Morgan fingerprint density at radius 3 is 2.17 bits per heavy atom. The highest BCUT2D eigenvalue weighted by Gasteiger charge is 2.35. The van der Waals surface area contributed by atoms with Crippen molar-refractivity contribution in [3.05, 3.63) is 129 Å². The van der Waals surface area contributed by atoms with Gasteiger partial charge in [0.15, 0.2) is 0 Å². The average Bonchev–Trinajstić information content (AvgIpc) is 3.06. The number of anilines is 1. The second-order valence-corrected chi connectivity index (χ2v) is 12.9. The van der Waals surface area contributed by atoms with Crippen LogP contribution in [0.2, 0.25) is 0 Å². The molecule has 0 bridgehead atoms. The number of nitro groups is 1. The summed E-state index contributed by atoms with van der Waals surface area (Å²) in [6, 6.07) is 25.5. The van der Waals surface area contributed by atoms with Gasteiger partial charge in [-0.05, 0) is 62.2 Å². The van der Waals surface area contributed by atoms with Gasteiger partial charge in [-0.1, -0.05) is 66.2 Å². The molecule has 0 aliphatic rings. The minimum atomic E-state index is -4.53. The van der Waals surface area contributed by atoms with Crippen LogP contribution in [0.25, 0.3) is 0 Å². The maximum atomic E-state index is 14.5. The maximum absolute atomic E-state index is 14.5. The minimum Gasteiger partial charge on any atom is -0.497 e. The molecule has 0 spiro atoms. The smallest absolute Gasteiger partial charge is 0.273 e. The van der Waals surface area contributed by atoms with Crippen LogP contribution in [0.1, 0.15) is 29.2 Å². The molecule has 2 amide bonds. The fourth-order valence-corrected chi connectivity index (χ4v) is 6.52. The topological polar surface area (TPSA) is 139 Å². The van der Waals surface area contributed by atoms with Gasteiger partial charge in [0.25, 0.3) is 15.7 Å². The number of sulfonamides is 1. The quantitative estimate of drug-likeness (QED) is 0.145. The van der Waals surface area contributed by atoms with Crippen molar-refractivity contribution in [3.63, 3.8) is 0 Å². The number of nitrogens with zero attached hydrogens (tertiary/aromatic N) is 3. The van der Waals surface area contributed by atoms with E-state index < -0.39 is 33.4 Å². The number of ether oxygens (including phenoxy) is 1. The Balaban J connectivity index is 1.83. The third-order valence-electron chi connectivity index (χ3n) is 7.70. The first-order chi connectivity index (χ1) is 22.4. The van der Waals surface area contributed by atoms with Crippen LogP contribution >= 0.6 is 0 Å². The first-order valence-corrected chi connectivity index (χ1v) is 16.5. The molecule has 0 unspecified atom stereocenters. The van der Waals surface area contributed by atoms with Gasteiger partial charge in [-0.3, -0.25) is 24.0 Å². The summed E-state index contributed by atoms with van der Waals surface area (Å²) in [6.07, 6.45) is 0.184. The molecule has 12 heteroatoms. The molecule has 0 aromatic heterocycles. The number of carbonyl (C=O) groups is 2. The molecule has 0 fully saturated rings. The zero-order chi connectivity index (χ0) is 34.1. The van der Waals surface area contributed by atoms with E-state index in [0.717, 1.165) is 27.1 Å². The van der Waals surface area contributed by atoms with Crippen molar-refractivity contribution in [2.45, 2.75) is 44.7 Å². The number of amides is 2. The van der Waals surface area contributed by atoms with Gasteiger partial charge in [0.1, 0.15) is 18.3 Å². The van der Waals surface area contributed by atoms with Gasteiger partial charge in [-0.15, -0.1) is 0 Å². The highest BCUT2D eigenvalue weighted by molar-refractivity contribution is 7.92. The monoisotopic (exact) mass is 658 g/mol. The Morgan fingerprint density at radius 1 is 0.915 bits per heavy atom. The van der Waals surface area contributed by atoms with E-state index in [2.05, 4.69) is 5.32 Å². The molecule has 0 heterocycles. The average molecular weight is 659 g/mol. The number of rotatable bonds is 14. The number of carbonyl (C=O) groups excluding carboxylic acids is 2. The highest BCUT2D eigenvalue weighted by Crippen LogP contribution is 2.30. The number of hydrogen-bond donors (Lipinski definition) is 1. The van der Waals surface area contributed by atoms with Crippen molar-refractivity contribution < 1.29 is 27.7 Å². The summed E-state index contributed by atoms with van der Waals surface area (Å²) in [6.45, 7) is 4.90. The van der Waals surface area contributed by atoms with Crippen LogP contribution in [-0.4, -0.2) is 56.3 Å². The molecule has 11 nitrogen and oxygen atoms in total. The van der Waals surface area contributed by atoms with Crippen molar-refractivity contribution in [1.82, 2.24) is 10.2 Å². The Hall–Kier alpha value is -5.23. The Labute approximate surface area is 275 Å². The number of methoxy groups -OCH3 is 1. The number of hydrogen-bond acceptors (Lipinski definition) is 7. The lowest BCUT2D eigenvalue weighted by atomic mass is 10.0. The number of nitro benzene ring substituents is 1. The van der Waals surface area contributed by atoms with Gasteiger partial charge in [0.05, 0.1) is 22.6 Å². The Kier molecular flexibility index (Phi) is 11.3. The zero-order valence-electron chi connectivity index (χ0n) is 26.8. The molecule has 1 N–H and O–H groups in total. The van der Waals surface area contributed by atoms with Gasteiger partial charge >= 0.3 is 0 Å². The maximum Gasteiger partial charge on any atom is 0.273 e. The normalized spacial score (nSPS) is 11.7. The van der Waals surface area contributed by atoms with Gasteiger partial charge < -0.3 is 15.0 Å². The van der Waals surface area contributed by atoms with Gasteiger partial charge in [-0.2, -0.15) is 0 Å². The molecule has 0 saturated heterocycles. The van der Waals surface area contributed by atoms with Crippen LogP contribution in [0.3, 0.4) is 0 Å². The fraction of sp³-hybridized carbons (Fsp3) is 0.257. The highest BCUT2D eigenvalue weighted by atomic mass is 32.2. The van der Waals surface area contributed by atoms with Crippen molar-refractivity contribution in [1.29, 1.82) is 0 Å². The summed E-state index contributed by atoms with van der Waals surface area (Å²) in [7, 11) is -3.06. The summed E-state index contributed by atoms with van der Waals surface area (Å²) in [5.74, 6) is -0.563.